The standard InChI is InChI=1S/C11H15F6NO/c1-2-3-4-5-7-6-8(10(12,13)14)9(19,18-7)11(15,16)17/h8,19H,2-6H2,1H3/t8-,9+/m0/s1. The summed E-state index contributed by atoms with van der Waals surface area (Å²) in [4.78, 5) is 2.94. The summed E-state index contributed by atoms with van der Waals surface area (Å²) in [5.74, 6) is -2.91. The molecule has 0 aromatic carbocycles. The maximum absolute atomic E-state index is 12.6. The molecule has 1 heterocycles. The third kappa shape index (κ3) is 3.40. The summed E-state index contributed by atoms with van der Waals surface area (Å²) in [5.41, 5.74) is -4.25. The molecule has 0 aromatic heterocycles. The second-order valence-corrected chi connectivity index (χ2v) is 4.66. The predicted molar refractivity (Wildman–Crippen MR) is 56.7 cm³/mol. The molecule has 0 bridgehead atoms. The van der Waals surface area contributed by atoms with Gasteiger partial charge in [-0.1, -0.05) is 19.8 Å². The Kier molecular flexibility index (Phi) is 4.54. The van der Waals surface area contributed by atoms with E-state index in [0.29, 0.717) is 12.8 Å². The highest BCUT2D eigenvalue weighted by Crippen LogP contribution is 2.50. The van der Waals surface area contributed by atoms with Crippen LogP contribution in [-0.2, 0) is 0 Å². The number of alkyl halides is 6. The minimum Gasteiger partial charge on any atom is -0.362 e. The van der Waals surface area contributed by atoms with E-state index in [2.05, 4.69) is 4.99 Å². The molecule has 8 heteroatoms. The molecular formula is C11H15F6NO. The minimum atomic E-state index is -5.43. The number of halogens is 6. The van der Waals surface area contributed by atoms with Crippen LogP contribution >= 0.6 is 0 Å². The van der Waals surface area contributed by atoms with Crippen molar-refractivity contribution in [3.8, 4) is 0 Å². The fourth-order valence-electron chi connectivity index (χ4n) is 2.08. The summed E-state index contributed by atoms with van der Waals surface area (Å²) in [6, 6.07) is 0. The van der Waals surface area contributed by atoms with E-state index in [1.165, 1.54) is 0 Å². The molecule has 0 spiro atoms. The summed E-state index contributed by atoms with van der Waals surface area (Å²) >= 11 is 0. The van der Waals surface area contributed by atoms with Gasteiger partial charge in [-0.25, -0.2) is 0 Å². The first-order valence-electron chi connectivity index (χ1n) is 5.95. The zero-order valence-corrected chi connectivity index (χ0v) is 10.3. The average molecular weight is 291 g/mol. The number of aliphatic imine (C=N–C) groups is 1. The summed E-state index contributed by atoms with van der Waals surface area (Å²) < 4.78 is 75.7. The van der Waals surface area contributed by atoms with Crippen LogP contribution in [0.1, 0.15) is 39.0 Å². The first-order chi connectivity index (χ1) is 8.52. The van der Waals surface area contributed by atoms with Crippen molar-refractivity contribution in [2.24, 2.45) is 10.9 Å². The van der Waals surface area contributed by atoms with Crippen molar-refractivity contribution in [1.29, 1.82) is 0 Å². The third-order valence-corrected chi connectivity index (χ3v) is 3.14. The van der Waals surface area contributed by atoms with E-state index in [1.54, 1.807) is 0 Å². The Labute approximate surface area is 106 Å². The zero-order chi connectivity index (χ0) is 14.9. The largest absolute Gasteiger partial charge is 0.438 e. The molecule has 1 rings (SSSR count). The first kappa shape index (κ1) is 16.3. The Balaban J connectivity index is 2.94. The SMILES string of the molecule is CCCCCC1=N[C@](O)(C(F)(F)F)[C@@H](C(F)(F)F)C1. The van der Waals surface area contributed by atoms with E-state index in [0.717, 1.165) is 6.42 Å². The summed E-state index contributed by atoms with van der Waals surface area (Å²) in [5, 5.41) is 9.32. The molecule has 19 heavy (non-hydrogen) atoms. The monoisotopic (exact) mass is 291 g/mol. The molecule has 0 fully saturated rings. The minimum absolute atomic E-state index is 0.0544. The summed E-state index contributed by atoms with van der Waals surface area (Å²) in [6.07, 6.45) is -9.45. The molecule has 1 aliphatic heterocycles. The van der Waals surface area contributed by atoms with Gasteiger partial charge in [0.25, 0.3) is 5.72 Å². The molecule has 0 unspecified atom stereocenters. The topological polar surface area (TPSA) is 32.6 Å². The van der Waals surface area contributed by atoms with Crippen molar-refractivity contribution in [3.05, 3.63) is 0 Å². The number of unbranched alkanes of at least 4 members (excludes halogenated alkanes) is 2. The van der Waals surface area contributed by atoms with Crippen LogP contribution in [0.4, 0.5) is 26.3 Å². The van der Waals surface area contributed by atoms with Crippen LogP contribution in [0.5, 0.6) is 0 Å². The lowest BCUT2D eigenvalue weighted by Crippen LogP contribution is -2.52. The zero-order valence-electron chi connectivity index (χ0n) is 10.3. The van der Waals surface area contributed by atoms with Gasteiger partial charge in [0, 0.05) is 12.1 Å². The molecule has 2 atom stereocenters. The lowest BCUT2D eigenvalue weighted by Gasteiger charge is -2.30. The van der Waals surface area contributed by atoms with Crippen molar-refractivity contribution < 1.29 is 31.4 Å². The number of hydrogen-bond acceptors (Lipinski definition) is 2. The third-order valence-electron chi connectivity index (χ3n) is 3.14. The van der Waals surface area contributed by atoms with Gasteiger partial charge >= 0.3 is 12.4 Å². The van der Waals surface area contributed by atoms with Crippen LogP contribution in [0.15, 0.2) is 4.99 Å². The second-order valence-electron chi connectivity index (χ2n) is 4.66. The van der Waals surface area contributed by atoms with Crippen LogP contribution < -0.4 is 0 Å². The Bertz CT molecular complexity index is 348. The van der Waals surface area contributed by atoms with Gasteiger partial charge < -0.3 is 5.11 Å². The lowest BCUT2D eigenvalue weighted by atomic mass is 9.92. The van der Waals surface area contributed by atoms with E-state index >= 15 is 0 Å². The van der Waals surface area contributed by atoms with Crippen molar-refractivity contribution in [3.63, 3.8) is 0 Å². The number of nitrogens with zero attached hydrogens (tertiary/aromatic N) is 1. The van der Waals surface area contributed by atoms with E-state index in [1.807, 2.05) is 6.92 Å². The molecule has 0 aliphatic carbocycles. The molecule has 1 N–H and O–H groups in total. The van der Waals surface area contributed by atoms with Crippen LogP contribution in [0.25, 0.3) is 0 Å². The van der Waals surface area contributed by atoms with Gasteiger partial charge in [0.2, 0.25) is 0 Å². The first-order valence-corrected chi connectivity index (χ1v) is 5.95. The van der Waals surface area contributed by atoms with Crippen molar-refractivity contribution in [2.45, 2.75) is 57.1 Å². The van der Waals surface area contributed by atoms with Crippen molar-refractivity contribution in [2.75, 3.05) is 0 Å². The van der Waals surface area contributed by atoms with Gasteiger partial charge in [-0.2, -0.15) is 26.3 Å². The van der Waals surface area contributed by atoms with E-state index in [9.17, 15) is 31.4 Å². The Morgan fingerprint density at radius 3 is 2.16 bits per heavy atom. The van der Waals surface area contributed by atoms with Gasteiger partial charge in [-0.15, -0.1) is 0 Å². The fraction of sp³-hybridized carbons (Fsp3) is 0.909. The van der Waals surface area contributed by atoms with Gasteiger partial charge in [0.15, 0.2) is 0 Å². The summed E-state index contributed by atoms with van der Waals surface area (Å²) in [6.45, 7) is 1.86. The highest BCUT2D eigenvalue weighted by atomic mass is 19.4. The van der Waals surface area contributed by atoms with Gasteiger partial charge in [0.05, 0.1) is 0 Å². The van der Waals surface area contributed by atoms with Crippen molar-refractivity contribution >= 4 is 5.71 Å². The number of rotatable bonds is 4. The quantitative estimate of drug-likeness (QED) is 0.619. The molecule has 0 saturated carbocycles. The maximum Gasteiger partial charge on any atom is 0.438 e. The molecule has 112 valence electrons. The van der Waals surface area contributed by atoms with Crippen LogP contribution in [0.2, 0.25) is 0 Å². The van der Waals surface area contributed by atoms with E-state index in [-0.39, 0.29) is 12.1 Å². The average Bonchev–Trinajstić information content (AvgIpc) is 2.56. The molecule has 2 nitrogen and oxygen atoms in total. The Morgan fingerprint density at radius 1 is 1.21 bits per heavy atom. The van der Waals surface area contributed by atoms with Crippen LogP contribution in [-0.4, -0.2) is 28.9 Å². The van der Waals surface area contributed by atoms with Gasteiger partial charge in [-0.3, -0.25) is 4.99 Å². The normalized spacial score (nSPS) is 28.6. The Morgan fingerprint density at radius 2 is 1.79 bits per heavy atom. The highest BCUT2D eigenvalue weighted by Gasteiger charge is 2.69. The molecular weight excluding hydrogens is 276 g/mol. The highest BCUT2D eigenvalue weighted by molar-refractivity contribution is 5.87. The summed E-state index contributed by atoms with van der Waals surface area (Å²) in [7, 11) is 0. The number of aliphatic hydroxyl groups is 1. The van der Waals surface area contributed by atoms with Gasteiger partial charge in [0.1, 0.15) is 5.92 Å². The fourth-order valence-corrected chi connectivity index (χ4v) is 2.08. The molecule has 0 radical (unpaired) electrons. The second kappa shape index (κ2) is 5.30. The lowest BCUT2D eigenvalue weighted by molar-refractivity contribution is -0.316. The van der Waals surface area contributed by atoms with Crippen molar-refractivity contribution in [1.82, 2.24) is 0 Å². The van der Waals surface area contributed by atoms with E-state index in [4.69, 9.17) is 0 Å². The molecule has 0 aromatic rings. The number of hydrogen-bond donors (Lipinski definition) is 1. The predicted octanol–water partition coefficient (Wildman–Crippen LogP) is 3.84. The molecule has 0 amide bonds. The Hall–Kier alpha value is -0.790. The maximum atomic E-state index is 12.6. The van der Waals surface area contributed by atoms with E-state index < -0.39 is 30.4 Å². The van der Waals surface area contributed by atoms with Crippen LogP contribution in [0.3, 0.4) is 0 Å². The molecule has 0 saturated heterocycles. The molecule has 1 aliphatic rings. The smallest absolute Gasteiger partial charge is 0.362 e. The van der Waals surface area contributed by atoms with Crippen LogP contribution in [0, 0.1) is 5.92 Å². The van der Waals surface area contributed by atoms with Gasteiger partial charge in [-0.05, 0) is 12.8 Å².